The molecule has 0 bridgehead atoms. The average Bonchev–Trinajstić information content (AvgIpc) is 2.81. The molecular weight excluding hydrogens is 276 g/mol. The number of hydrogen-bond donors (Lipinski definition) is 0. The van der Waals surface area contributed by atoms with E-state index >= 15 is 0 Å². The summed E-state index contributed by atoms with van der Waals surface area (Å²) in [6.45, 7) is 0.808. The van der Waals surface area contributed by atoms with Crippen LogP contribution in [0.3, 0.4) is 0 Å². The van der Waals surface area contributed by atoms with E-state index in [2.05, 4.69) is 10.2 Å². The second-order valence-corrected chi connectivity index (χ2v) is 4.11. The van der Waals surface area contributed by atoms with Crippen LogP contribution in [0, 0.1) is 11.6 Å². The molecule has 0 unspecified atom stereocenters. The number of hydrogen-bond acceptors (Lipinski definition) is 3. The first-order valence-corrected chi connectivity index (χ1v) is 6.13. The van der Waals surface area contributed by atoms with Crippen molar-refractivity contribution in [1.82, 2.24) is 14.8 Å². The third-order valence-electron chi connectivity index (χ3n) is 2.64. The van der Waals surface area contributed by atoms with Crippen LogP contribution in [-0.2, 0) is 17.2 Å². The molecule has 0 fully saturated rings. The highest BCUT2D eigenvalue weighted by Gasteiger charge is 2.16. The van der Waals surface area contributed by atoms with Gasteiger partial charge in [0.25, 0.3) is 0 Å². The SMILES string of the molecule is COCCn1c(CCl)nnc1-c1cc(F)ccc1F. The molecule has 4 nitrogen and oxygen atoms in total. The highest BCUT2D eigenvalue weighted by Crippen LogP contribution is 2.23. The number of alkyl halides is 1. The maximum absolute atomic E-state index is 13.8. The molecule has 1 aromatic carbocycles. The van der Waals surface area contributed by atoms with Gasteiger partial charge in [-0.1, -0.05) is 0 Å². The van der Waals surface area contributed by atoms with E-state index in [-0.39, 0.29) is 17.3 Å². The summed E-state index contributed by atoms with van der Waals surface area (Å²) in [5.41, 5.74) is 0.0555. The van der Waals surface area contributed by atoms with Crippen molar-refractivity contribution < 1.29 is 13.5 Å². The van der Waals surface area contributed by atoms with E-state index in [9.17, 15) is 8.78 Å². The third-order valence-corrected chi connectivity index (χ3v) is 2.87. The van der Waals surface area contributed by atoms with Crippen LogP contribution >= 0.6 is 11.6 Å². The number of aromatic nitrogens is 3. The Hall–Kier alpha value is -1.53. The summed E-state index contributed by atoms with van der Waals surface area (Å²) in [6, 6.07) is 3.19. The van der Waals surface area contributed by atoms with Crippen molar-refractivity contribution in [2.45, 2.75) is 12.4 Å². The smallest absolute Gasteiger partial charge is 0.167 e. The Morgan fingerprint density at radius 2 is 2.11 bits per heavy atom. The van der Waals surface area contributed by atoms with Crippen LogP contribution in [0.4, 0.5) is 8.78 Å². The van der Waals surface area contributed by atoms with E-state index in [4.69, 9.17) is 16.3 Å². The van der Waals surface area contributed by atoms with E-state index in [1.807, 2.05) is 0 Å². The van der Waals surface area contributed by atoms with Crippen LogP contribution in [0.2, 0.25) is 0 Å². The molecule has 2 aromatic rings. The van der Waals surface area contributed by atoms with E-state index in [0.717, 1.165) is 18.2 Å². The predicted molar refractivity (Wildman–Crippen MR) is 66.8 cm³/mol. The molecule has 0 atom stereocenters. The van der Waals surface area contributed by atoms with Crippen molar-refractivity contribution in [2.24, 2.45) is 0 Å². The second-order valence-electron chi connectivity index (χ2n) is 3.84. The summed E-state index contributed by atoms with van der Waals surface area (Å²) in [6.07, 6.45) is 0. The van der Waals surface area contributed by atoms with E-state index < -0.39 is 11.6 Å². The summed E-state index contributed by atoms with van der Waals surface area (Å²) in [5.74, 6) is -0.242. The molecule has 0 amide bonds. The van der Waals surface area contributed by atoms with E-state index in [1.54, 1.807) is 11.7 Å². The lowest BCUT2D eigenvalue weighted by Crippen LogP contribution is -2.09. The zero-order chi connectivity index (χ0) is 13.8. The van der Waals surface area contributed by atoms with Crippen LogP contribution in [0.5, 0.6) is 0 Å². The average molecular weight is 288 g/mol. The summed E-state index contributed by atoms with van der Waals surface area (Å²) in [4.78, 5) is 0. The molecule has 7 heteroatoms. The van der Waals surface area contributed by atoms with Crippen LogP contribution in [0.25, 0.3) is 11.4 Å². The monoisotopic (exact) mass is 287 g/mol. The molecule has 0 aliphatic carbocycles. The lowest BCUT2D eigenvalue weighted by Gasteiger charge is -2.09. The zero-order valence-corrected chi connectivity index (χ0v) is 11.0. The molecule has 0 N–H and O–H groups in total. The lowest BCUT2D eigenvalue weighted by molar-refractivity contribution is 0.187. The van der Waals surface area contributed by atoms with Gasteiger partial charge >= 0.3 is 0 Å². The van der Waals surface area contributed by atoms with Crippen molar-refractivity contribution in [2.75, 3.05) is 13.7 Å². The summed E-state index contributed by atoms with van der Waals surface area (Å²) >= 11 is 5.75. The molecule has 0 radical (unpaired) electrons. The molecule has 2 rings (SSSR count). The minimum atomic E-state index is -0.561. The number of methoxy groups -OCH3 is 1. The third kappa shape index (κ3) is 2.90. The van der Waals surface area contributed by atoms with Gasteiger partial charge in [0.2, 0.25) is 0 Å². The fourth-order valence-corrected chi connectivity index (χ4v) is 1.92. The summed E-state index contributed by atoms with van der Waals surface area (Å²) in [7, 11) is 1.55. The Balaban J connectivity index is 2.49. The Morgan fingerprint density at radius 1 is 1.32 bits per heavy atom. The van der Waals surface area contributed by atoms with E-state index in [0.29, 0.717) is 19.0 Å². The van der Waals surface area contributed by atoms with Gasteiger partial charge in [-0.05, 0) is 18.2 Å². The number of ether oxygens (including phenoxy) is 1. The van der Waals surface area contributed by atoms with Crippen molar-refractivity contribution in [3.05, 3.63) is 35.7 Å². The van der Waals surface area contributed by atoms with Gasteiger partial charge in [-0.15, -0.1) is 21.8 Å². The molecule has 19 heavy (non-hydrogen) atoms. The Morgan fingerprint density at radius 3 is 2.79 bits per heavy atom. The first-order valence-electron chi connectivity index (χ1n) is 5.59. The highest BCUT2D eigenvalue weighted by molar-refractivity contribution is 6.16. The number of halogens is 3. The van der Waals surface area contributed by atoms with Crippen LogP contribution in [0.1, 0.15) is 5.82 Å². The fraction of sp³-hybridized carbons (Fsp3) is 0.333. The Kier molecular flexibility index (Phi) is 4.44. The zero-order valence-electron chi connectivity index (χ0n) is 10.2. The molecule has 0 saturated carbocycles. The molecular formula is C12H12ClF2N3O. The van der Waals surface area contributed by atoms with Gasteiger partial charge < -0.3 is 9.30 Å². The summed E-state index contributed by atoms with van der Waals surface area (Å²) in [5, 5.41) is 7.75. The minimum Gasteiger partial charge on any atom is -0.383 e. The van der Waals surface area contributed by atoms with Gasteiger partial charge in [0.15, 0.2) is 5.82 Å². The van der Waals surface area contributed by atoms with Gasteiger partial charge in [-0.25, -0.2) is 8.78 Å². The standard InChI is InChI=1S/C12H12ClF2N3O/c1-19-5-4-18-11(7-13)16-17-12(18)9-6-8(14)2-3-10(9)15/h2-3,6H,4-5,7H2,1H3. The second kappa shape index (κ2) is 6.08. The maximum atomic E-state index is 13.8. The van der Waals surface area contributed by atoms with Gasteiger partial charge in [0.1, 0.15) is 17.5 Å². The number of benzene rings is 1. The molecule has 0 spiro atoms. The van der Waals surface area contributed by atoms with Crippen LogP contribution in [0.15, 0.2) is 18.2 Å². The normalized spacial score (nSPS) is 10.9. The van der Waals surface area contributed by atoms with Crippen molar-refractivity contribution in [1.29, 1.82) is 0 Å². The van der Waals surface area contributed by atoms with Crippen molar-refractivity contribution >= 4 is 11.6 Å². The highest BCUT2D eigenvalue weighted by atomic mass is 35.5. The van der Waals surface area contributed by atoms with Crippen molar-refractivity contribution in [3.8, 4) is 11.4 Å². The largest absolute Gasteiger partial charge is 0.383 e. The first kappa shape index (κ1) is 13.9. The molecule has 1 aromatic heterocycles. The lowest BCUT2D eigenvalue weighted by atomic mass is 10.2. The Bertz CT molecular complexity index is 574. The van der Waals surface area contributed by atoms with Gasteiger partial charge in [-0.3, -0.25) is 0 Å². The van der Waals surface area contributed by atoms with Crippen LogP contribution in [-0.4, -0.2) is 28.5 Å². The Labute approximate surface area is 114 Å². The summed E-state index contributed by atoms with van der Waals surface area (Å²) < 4.78 is 33.6. The van der Waals surface area contributed by atoms with Gasteiger partial charge in [0, 0.05) is 13.7 Å². The maximum Gasteiger partial charge on any atom is 0.167 e. The quantitative estimate of drug-likeness (QED) is 0.794. The van der Waals surface area contributed by atoms with E-state index in [1.165, 1.54) is 0 Å². The first-order chi connectivity index (χ1) is 9.17. The number of rotatable bonds is 5. The van der Waals surface area contributed by atoms with Crippen molar-refractivity contribution in [3.63, 3.8) is 0 Å². The number of nitrogens with zero attached hydrogens (tertiary/aromatic N) is 3. The molecule has 0 saturated heterocycles. The predicted octanol–water partition coefficient (Wildman–Crippen LogP) is 2.61. The molecule has 0 aliphatic rings. The van der Waals surface area contributed by atoms with Crippen LogP contribution < -0.4 is 0 Å². The fourth-order valence-electron chi connectivity index (χ4n) is 1.72. The minimum absolute atomic E-state index is 0.0555. The topological polar surface area (TPSA) is 39.9 Å². The van der Waals surface area contributed by atoms with Gasteiger partial charge in [-0.2, -0.15) is 0 Å². The molecule has 102 valence electrons. The molecule has 0 aliphatic heterocycles. The van der Waals surface area contributed by atoms with Gasteiger partial charge in [0.05, 0.1) is 18.1 Å². The molecule has 1 heterocycles.